The van der Waals surface area contributed by atoms with Gasteiger partial charge in [0, 0.05) is 41.7 Å². The van der Waals surface area contributed by atoms with Crippen LogP contribution >= 0.6 is 0 Å². The molecule has 2 aromatic rings. The lowest BCUT2D eigenvalue weighted by molar-refractivity contribution is -0.384. The summed E-state index contributed by atoms with van der Waals surface area (Å²) in [5.41, 5.74) is 3.36. The van der Waals surface area contributed by atoms with Crippen LogP contribution < -0.4 is 0 Å². The van der Waals surface area contributed by atoms with Gasteiger partial charge in [0.15, 0.2) is 5.78 Å². The SMILES string of the molecule is CC(=O)c1c(-c2ccc([N+](=O)[O-])cc2)cn(CCC(C)C)c1C. The van der Waals surface area contributed by atoms with Crippen LogP contribution in [0.4, 0.5) is 5.69 Å². The van der Waals surface area contributed by atoms with Crippen LogP contribution in [0.15, 0.2) is 30.5 Å². The van der Waals surface area contributed by atoms with Crippen LogP contribution in [0.2, 0.25) is 0 Å². The normalized spacial score (nSPS) is 11.0. The maximum Gasteiger partial charge on any atom is 0.269 e. The first-order valence-electron chi connectivity index (χ1n) is 7.76. The molecule has 0 aliphatic heterocycles. The lowest BCUT2D eigenvalue weighted by Crippen LogP contribution is -2.04. The topological polar surface area (TPSA) is 65.1 Å². The van der Waals surface area contributed by atoms with E-state index in [2.05, 4.69) is 18.4 Å². The van der Waals surface area contributed by atoms with Crippen molar-refractivity contribution < 1.29 is 9.72 Å². The molecule has 0 amide bonds. The number of ketones is 1. The van der Waals surface area contributed by atoms with Crippen molar-refractivity contribution in [2.45, 2.75) is 40.7 Å². The van der Waals surface area contributed by atoms with Gasteiger partial charge in [0.2, 0.25) is 0 Å². The third kappa shape index (κ3) is 3.67. The number of hydrogen-bond donors (Lipinski definition) is 0. The molecule has 2 rings (SSSR count). The molecule has 0 N–H and O–H groups in total. The second-order valence-electron chi connectivity index (χ2n) is 6.24. The number of rotatable bonds is 6. The van der Waals surface area contributed by atoms with Crippen molar-refractivity contribution in [1.82, 2.24) is 4.57 Å². The van der Waals surface area contributed by atoms with Gasteiger partial charge in [-0.05, 0) is 43.9 Å². The molecule has 5 heteroatoms. The molecule has 23 heavy (non-hydrogen) atoms. The van der Waals surface area contributed by atoms with E-state index in [1.54, 1.807) is 19.1 Å². The van der Waals surface area contributed by atoms with E-state index in [0.29, 0.717) is 11.5 Å². The molecule has 0 atom stereocenters. The van der Waals surface area contributed by atoms with Crippen LogP contribution in [0, 0.1) is 23.0 Å². The number of aryl methyl sites for hydroxylation is 1. The average Bonchev–Trinajstić information content (AvgIpc) is 2.82. The van der Waals surface area contributed by atoms with E-state index >= 15 is 0 Å². The summed E-state index contributed by atoms with van der Waals surface area (Å²) in [6.45, 7) is 8.70. The molecule has 0 aliphatic rings. The predicted octanol–water partition coefficient (Wildman–Crippen LogP) is 4.62. The molecular weight excluding hydrogens is 292 g/mol. The zero-order valence-electron chi connectivity index (χ0n) is 14.0. The Balaban J connectivity index is 2.46. The molecular formula is C18H22N2O3. The molecule has 0 saturated heterocycles. The maximum absolute atomic E-state index is 12.1. The van der Waals surface area contributed by atoms with Crippen molar-refractivity contribution >= 4 is 11.5 Å². The Bertz CT molecular complexity index is 727. The standard InChI is InChI=1S/C18H22N2O3/c1-12(2)9-10-19-11-17(18(13(19)3)14(4)21)15-5-7-16(8-6-15)20(22)23/h5-8,11-12H,9-10H2,1-4H3. The second kappa shape index (κ2) is 6.77. The Kier molecular flexibility index (Phi) is 4.98. The number of Topliss-reactive ketones (excluding diaryl/α,β-unsaturated/α-hetero) is 1. The first-order valence-corrected chi connectivity index (χ1v) is 7.76. The van der Waals surface area contributed by atoms with E-state index in [9.17, 15) is 14.9 Å². The molecule has 0 bridgehead atoms. The van der Waals surface area contributed by atoms with Crippen molar-refractivity contribution in [3.63, 3.8) is 0 Å². The van der Waals surface area contributed by atoms with E-state index in [4.69, 9.17) is 0 Å². The number of carbonyl (C=O) groups excluding carboxylic acids is 1. The third-order valence-corrected chi connectivity index (χ3v) is 4.04. The van der Waals surface area contributed by atoms with Crippen LogP contribution in [0.3, 0.4) is 0 Å². The van der Waals surface area contributed by atoms with Gasteiger partial charge in [0.05, 0.1) is 4.92 Å². The van der Waals surface area contributed by atoms with Crippen LogP contribution in [-0.2, 0) is 6.54 Å². The highest BCUT2D eigenvalue weighted by atomic mass is 16.6. The highest BCUT2D eigenvalue weighted by molar-refractivity contribution is 6.02. The van der Waals surface area contributed by atoms with Gasteiger partial charge in [-0.1, -0.05) is 13.8 Å². The number of non-ortho nitro benzene ring substituents is 1. The molecule has 0 fully saturated rings. The van der Waals surface area contributed by atoms with Crippen LogP contribution in [-0.4, -0.2) is 15.3 Å². The number of nitrogens with zero attached hydrogens (tertiary/aromatic N) is 2. The maximum atomic E-state index is 12.1. The smallest absolute Gasteiger partial charge is 0.269 e. The molecule has 0 spiro atoms. The quantitative estimate of drug-likeness (QED) is 0.444. The summed E-state index contributed by atoms with van der Waals surface area (Å²) < 4.78 is 2.10. The summed E-state index contributed by atoms with van der Waals surface area (Å²) in [5, 5.41) is 10.8. The minimum absolute atomic E-state index is 0.0131. The van der Waals surface area contributed by atoms with Gasteiger partial charge in [-0.3, -0.25) is 14.9 Å². The molecule has 122 valence electrons. The van der Waals surface area contributed by atoms with Gasteiger partial charge >= 0.3 is 0 Å². The predicted molar refractivity (Wildman–Crippen MR) is 90.7 cm³/mol. The lowest BCUT2D eigenvalue weighted by Gasteiger charge is -2.08. The number of benzene rings is 1. The van der Waals surface area contributed by atoms with Gasteiger partial charge in [0.25, 0.3) is 5.69 Å². The molecule has 0 aliphatic carbocycles. The van der Waals surface area contributed by atoms with Crippen LogP contribution in [0.5, 0.6) is 0 Å². The molecule has 5 nitrogen and oxygen atoms in total. The summed E-state index contributed by atoms with van der Waals surface area (Å²) in [6, 6.07) is 6.35. The molecule has 0 unspecified atom stereocenters. The monoisotopic (exact) mass is 314 g/mol. The van der Waals surface area contributed by atoms with Gasteiger partial charge in [-0.15, -0.1) is 0 Å². The fourth-order valence-corrected chi connectivity index (χ4v) is 2.71. The van der Waals surface area contributed by atoms with Gasteiger partial charge in [-0.2, -0.15) is 0 Å². The Morgan fingerprint density at radius 2 is 1.87 bits per heavy atom. The zero-order valence-corrected chi connectivity index (χ0v) is 14.0. The summed E-state index contributed by atoms with van der Waals surface area (Å²) in [5.74, 6) is 0.597. The molecule has 1 aromatic carbocycles. The largest absolute Gasteiger partial charge is 0.350 e. The molecule has 1 aromatic heterocycles. The van der Waals surface area contributed by atoms with Crippen molar-refractivity contribution in [3.8, 4) is 11.1 Å². The Morgan fingerprint density at radius 1 is 1.26 bits per heavy atom. The minimum atomic E-state index is -0.422. The zero-order chi connectivity index (χ0) is 17.1. The Morgan fingerprint density at radius 3 is 2.35 bits per heavy atom. The third-order valence-electron chi connectivity index (χ3n) is 4.04. The van der Waals surface area contributed by atoms with Crippen molar-refractivity contribution in [2.24, 2.45) is 5.92 Å². The van der Waals surface area contributed by atoms with Crippen molar-refractivity contribution in [2.75, 3.05) is 0 Å². The number of aromatic nitrogens is 1. The first-order chi connectivity index (χ1) is 10.8. The van der Waals surface area contributed by atoms with Crippen molar-refractivity contribution in [3.05, 3.63) is 51.8 Å². The molecule has 1 heterocycles. The van der Waals surface area contributed by atoms with E-state index < -0.39 is 4.92 Å². The second-order valence-corrected chi connectivity index (χ2v) is 6.24. The molecule has 0 saturated carbocycles. The number of hydrogen-bond acceptors (Lipinski definition) is 3. The fourth-order valence-electron chi connectivity index (χ4n) is 2.71. The Hall–Kier alpha value is -2.43. The number of carbonyl (C=O) groups is 1. The number of nitro benzene ring substituents is 1. The lowest BCUT2D eigenvalue weighted by atomic mass is 10.0. The van der Waals surface area contributed by atoms with Gasteiger partial charge in [0.1, 0.15) is 0 Å². The average molecular weight is 314 g/mol. The highest BCUT2D eigenvalue weighted by Gasteiger charge is 2.18. The molecule has 0 radical (unpaired) electrons. The fraction of sp³-hybridized carbons (Fsp3) is 0.389. The highest BCUT2D eigenvalue weighted by Crippen LogP contribution is 2.30. The van der Waals surface area contributed by atoms with Crippen LogP contribution in [0.25, 0.3) is 11.1 Å². The summed E-state index contributed by atoms with van der Waals surface area (Å²) in [4.78, 5) is 22.4. The summed E-state index contributed by atoms with van der Waals surface area (Å²) in [7, 11) is 0. The minimum Gasteiger partial charge on any atom is -0.350 e. The van der Waals surface area contributed by atoms with E-state index in [0.717, 1.165) is 29.8 Å². The summed E-state index contributed by atoms with van der Waals surface area (Å²) in [6.07, 6.45) is 3.02. The summed E-state index contributed by atoms with van der Waals surface area (Å²) >= 11 is 0. The van der Waals surface area contributed by atoms with Gasteiger partial charge in [-0.25, -0.2) is 0 Å². The van der Waals surface area contributed by atoms with Gasteiger partial charge < -0.3 is 4.57 Å². The van der Waals surface area contributed by atoms with E-state index in [1.165, 1.54) is 12.1 Å². The van der Waals surface area contributed by atoms with E-state index in [1.807, 2.05) is 13.1 Å². The first kappa shape index (κ1) is 16.9. The van der Waals surface area contributed by atoms with E-state index in [-0.39, 0.29) is 11.5 Å². The van der Waals surface area contributed by atoms with Crippen LogP contribution in [0.1, 0.15) is 43.2 Å². The Labute approximate surface area is 136 Å². The van der Waals surface area contributed by atoms with Crippen molar-refractivity contribution in [1.29, 1.82) is 0 Å². The number of nitro groups is 1.